The molecular formula is C93H113Cl2N9O26. The third kappa shape index (κ3) is 21.4. The molecule has 18 atom stereocenters. The maximum atomic E-state index is 16.9. The fourth-order valence-corrected chi connectivity index (χ4v) is 20.1. The van der Waals surface area contributed by atoms with Gasteiger partial charge in [-0.2, -0.15) is 0 Å². The first-order valence-corrected chi connectivity index (χ1v) is 44.8. The van der Waals surface area contributed by atoms with Crippen molar-refractivity contribution in [2.24, 2.45) is 53.1 Å². The van der Waals surface area contributed by atoms with Crippen molar-refractivity contribution in [3.63, 3.8) is 0 Å². The van der Waals surface area contributed by atoms with Crippen LogP contribution in [0.5, 0.6) is 57.5 Å². The molecule has 6 aromatic rings. The molecule has 0 spiro atoms. The van der Waals surface area contributed by atoms with Crippen molar-refractivity contribution in [3.8, 4) is 68.6 Å². The molecule has 0 aromatic heterocycles. The van der Waals surface area contributed by atoms with Gasteiger partial charge in [-0.3, -0.25) is 43.7 Å². The number of ether oxygens (including phenoxy) is 8. The summed E-state index contributed by atoms with van der Waals surface area (Å²) in [7, 11) is 3.44. The highest BCUT2D eigenvalue weighted by Gasteiger charge is 2.53. The highest BCUT2D eigenvalue weighted by atomic mass is 35.5. The van der Waals surface area contributed by atoms with Crippen molar-refractivity contribution in [1.82, 2.24) is 37.2 Å². The van der Waals surface area contributed by atoms with Crippen LogP contribution in [0.2, 0.25) is 10.0 Å². The van der Waals surface area contributed by atoms with E-state index >= 15 is 28.8 Å². The predicted octanol–water partition coefficient (Wildman–Crippen LogP) is 7.53. The number of aliphatic hydroxyl groups excluding tert-OH is 6. The Balaban J connectivity index is 0.955. The van der Waals surface area contributed by atoms with Crippen LogP contribution < -0.4 is 72.0 Å². The van der Waals surface area contributed by atoms with Crippen molar-refractivity contribution >= 4 is 81.8 Å². The van der Waals surface area contributed by atoms with Gasteiger partial charge in [0.15, 0.2) is 41.2 Å². The lowest BCUT2D eigenvalue weighted by molar-refractivity contribution is -0.333. The van der Waals surface area contributed by atoms with Crippen molar-refractivity contribution in [3.05, 3.63) is 135 Å². The van der Waals surface area contributed by atoms with E-state index in [0.29, 0.717) is 31.3 Å². The van der Waals surface area contributed by atoms with Gasteiger partial charge in [-0.25, -0.2) is 4.79 Å². The summed E-state index contributed by atoms with van der Waals surface area (Å²) < 4.78 is 51.2. The molecule has 17 rings (SSSR count). The van der Waals surface area contributed by atoms with E-state index in [1.54, 1.807) is 27.1 Å². The summed E-state index contributed by atoms with van der Waals surface area (Å²) in [6.07, 6.45) is -15.9. The number of carbonyl (C=O) groups is 9. The third-order valence-corrected chi connectivity index (χ3v) is 26.8. The van der Waals surface area contributed by atoms with Crippen LogP contribution in [0.3, 0.4) is 0 Å². The van der Waals surface area contributed by atoms with Gasteiger partial charge >= 0.3 is 6.03 Å². The molecule has 35 nitrogen and oxygen atoms in total. The second-order valence-electron chi connectivity index (χ2n) is 36.1. The average Bonchev–Trinajstić information content (AvgIpc) is 0.743. The molecule has 0 radical (unpaired) electrons. The molecule has 0 unspecified atom stereocenters. The second-order valence-corrected chi connectivity index (χ2v) is 36.9. The molecular weight excluding hydrogens is 1730 g/mol. The minimum atomic E-state index is -2.28. The molecule has 6 aromatic carbocycles. The largest absolute Gasteiger partial charge is 0.508 e. The molecule has 15 bridgehead atoms. The fourth-order valence-electron chi connectivity index (χ4n) is 19.7. The van der Waals surface area contributed by atoms with Gasteiger partial charge < -0.3 is 127 Å². The van der Waals surface area contributed by atoms with Gasteiger partial charge in [-0.15, -0.1) is 0 Å². The molecule has 11 aliphatic rings. The van der Waals surface area contributed by atoms with Gasteiger partial charge in [0, 0.05) is 97.7 Å². The molecule has 2 saturated heterocycles. The van der Waals surface area contributed by atoms with E-state index in [2.05, 4.69) is 42.5 Å². The number of nitrogens with one attached hydrogen (secondary N) is 8. The third-order valence-electron chi connectivity index (χ3n) is 26.2. The topological polar surface area (TPSA) is 532 Å². The summed E-state index contributed by atoms with van der Waals surface area (Å²) in [5, 5.41) is 128. The van der Waals surface area contributed by atoms with Crippen LogP contribution in [0.15, 0.2) is 97.1 Å². The molecule has 6 fully saturated rings. The molecule has 130 heavy (non-hydrogen) atoms. The van der Waals surface area contributed by atoms with Crippen molar-refractivity contribution in [2.45, 2.75) is 209 Å². The lowest BCUT2D eigenvalue weighted by atomic mass is 9.51. The standard InChI is InChI=1S/C93H113Cl2N9O26/c1-8-45(19-41(2)3)87(118)103-78-65(109)28-52(31-73(112)100-92(122)99-53-32-55(123-17-15-97-6)36-56(33-53)124-18-16-98-7)88(119)101-76-51-29-70(126-68-13-10-47(80(78)113)26-61(68)94)84(130-91-85(83(116)82(115)72(40-105)128-91)129-74-39-93(5,96)86(117)42(4)125-74)71(30-51)127-69-14-11-48(27-62(69)95)81(114)79-90(121)102-77(67(111)37-57-49-21-43-20-44(23-49)24-50(57)22-43)60-34-54(106)35-64(108)75(60)59-25-46(9-12-63(59)107)58(38-66(76)110)89(120)104-79/h9-14,25-27,29-30,32-36,41-45,49-50,52,57-58,72,74,76-83,85-86,91,97-98,105-108,113-117H,8,15-24,28,31,37-40,96H2,1-7H3,(H,101,119)(H,102,121)(H,103,118)(H,104,120)(H2,99,100,112,122)/t42-,43?,44?,45+,49?,50?,52-,57?,58+,72+,74-,76+,77-,78-,79-,80+,81+,82+,83-,85+,86+,91-,93-/m0/s1. The van der Waals surface area contributed by atoms with Crippen LogP contribution in [0.1, 0.15) is 170 Å². The number of aliphatic hydroxyl groups is 6. The van der Waals surface area contributed by atoms with Crippen molar-refractivity contribution in [2.75, 3.05) is 52.3 Å². The number of amides is 7. The minimum absolute atomic E-state index is 0.0588. The summed E-state index contributed by atoms with van der Waals surface area (Å²) in [4.78, 5) is 141. The maximum Gasteiger partial charge on any atom is 0.325 e. The number of imide groups is 1. The Morgan fingerprint density at radius 2 is 1.29 bits per heavy atom. The van der Waals surface area contributed by atoms with Gasteiger partial charge in [-0.05, 0) is 191 Å². The van der Waals surface area contributed by atoms with E-state index in [-0.39, 0.29) is 123 Å². The van der Waals surface area contributed by atoms with Crippen LogP contribution in [0.25, 0.3) is 11.1 Å². The van der Waals surface area contributed by atoms with E-state index in [1.807, 2.05) is 13.8 Å². The van der Waals surface area contributed by atoms with Crippen LogP contribution in [-0.2, 0) is 52.6 Å². The van der Waals surface area contributed by atoms with E-state index in [1.165, 1.54) is 68.4 Å². The number of rotatable bonds is 24. The van der Waals surface area contributed by atoms with Gasteiger partial charge in [-0.1, -0.05) is 62.2 Å². The van der Waals surface area contributed by atoms with Gasteiger partial charge in [0.1, 0.15) is 108 Å². The van der Waals surface area contributed by atoms with E-state index < -0.39 is 233 Å². The number of carbonyl (C=O) groups excluding carboxylic acids is 9. The normalized spacial score (nSPS) is 29.7. The van der Waals surface area contributed by atoms with Gasteiger partial charge in [0.2, 0.25) is 41.6 Å². The average molecular weight is 1840 g/mol. The first kappa shape index (κ1) is 95.7. The number of phenols is 3. The molecule has 7 heterocycles. The Kier molecular flexibility index (Phi) is 30.0. The number of aromatic hydroxyl groups is 3. The first-order valence-electron chi connectivity index (χ1n) is 44.0. The Morgan fingerprint density at radius 1 is 0.669 bits per heavy atom. The molecule has 7 amide bonds. The zero-order valence-electron chi connectivity index (χ0n) is 72.8. The number of fused-ring (bicyclic) bond motifs is 15. The Hall–Kier alpha value is -10.4. The Bertz CT molecular complexity index is 5200. The SMILES string of the molecule is CC[C@H](CC(C)C)C(=O)N[C@H]1C(=O)C[C@@H](CC(=O)NC(=O)Nc2cc(OCCNC)cc(OCCNC)c2)C(=O)N[C@H]2C(=O)C[C@H]3C(=O)N[C@H](C(=O)N[C@H](C(=O)CC4C5CC6CC(C5)CC4C6)c4cc(O)cc(O)c4-c4cc3ccc4O)[C@H](O)c3ccc(c(Cl)c3)Oc3cc2cc(c3O[C@@H]2O[C@H](CO)[C@@H](O)[C@H](O)[C@H]2O[C@H]2C[C@](C)(N)[C@H](O)[C@H](C)O2)Oc2ccc(cc2Cl)[C@H]1O. The molecule has 4 saturated carbocycles. The van der Waals surface area contributed by atoms with Gasteiger partial charge in [0.05, 0.1) is 40.7 Å². The number of hydrogen-bond acceptors (Lipinski definition) is 29. The van der Waals surface area contributed by atoms with E-state index in [9.17, 15) is 60.3 Å². The number of benzene rings is 6. The summed E-state index contributed by atoms with van der Waals surface area (Å²) >= 11 is 14.6. The van der Waals surface area contributed by atoms with Crippen LogP contribution in [-0.4, -0.2) is 213 Å². The number of nitrogens with two attached hydrogens (primary N) is 1. The zero-order chi connectivity index (χ0) is 93.2. The molecule has 700 valence electrons. The Morgan fingerprint density at radius 3 is 1.88 bits per heavy atom. The minimum Gasteiger partial charge on any atom is -0.508 e. The maximum absolute atomic E-state index is 16.9. The number of ketones is 3. The quantitative estimate of drug-likeness (QED) is 0.0260. The smallest absolute Gasteiger partial charge is 0.325 e. The lowest BCUT2D eigenvalue weighted by Crippen LogP contribution is -2.64. The lowest BCUT2D eigenvalue weighted by Gasteiger charge is -2.54. The van der Waals surface area contributed by atoms with E-state index in [4.69, 9.17) is 66.8 Å². The first-order chi connectivity index (χ1) is 62.0. The summed E-state index contributed by atoms with van der Waals surface area (Å²) in [5.41, 5.74) is 3.53. The number of hydrogen-bond donors (Lipinski definition) is 18. The van der Waals surface area contributed by atoms with Crippen molar-refractivity contribution in [1.29, 1.82) is 0 Å². The summed E-state index contributed by atoms with van der Waals surface area (Å²) in [6.45, 7) is 8.76. The molecule has 19 N–H and O–H groups in total. The highest BCUT2D eigenvalue weighted by molar-refractivity contribution is 6.32. The molecule has 37 heteroatoms. The second kappa shape index (κ2) is 40.8. The number of phenolic OH excluding ortho intramolecular Hbond substituents is 3. The van der Waals surface area contributed by atoms with Gasteiger partial charge in [0.25, 0.3) is 0 Å². The zero-order valence-corrected chi connectivity index (χ0v) is 74.3. The number of likely N-dealkylation sites (N-methyl/N-ethyl adjacent to an activating group) is 2. The van der Waals surface area contributed by atoms with E-state index in [0.717, 1.165) is 68.5 Å². The summed E-state index contributed by atoms with van der Waals surface area (Å²) in [5.74, 6) is -16.1. The fraction of sp³-hybridized carbons (Fsp3) is 0.516. The molecule has 4 aliphatic carbocycles. The Labute approximate surface area is 759 Å². The van der Waals surface area contributed by atoms with Crippen LogP contribution in [0.4, 0.5) is 10.5 Å². The highest BCUT2D eigenvalue weighted by Crippen LogP contribution is 2.59. The number of Topliss-reactive ketones (excluding diaryl/α,β-unsaturated/α-hetero) is 3. The number of anilines is 1. The van der Waals surface area contributed by atoms with Crippen LogP contribution >= 0.6 is 23.2 Å². The predicted molar refractivity (Wildman–Crippen MR) is 469 cm³/mol. The monoisotopic (exact) mass is 1840 g/mol. The van der Waals surface area contributed by atoms with Crippen molar-refractivity contribution < 1.29 is 127 Å². The molecule has 7 aliphatic heterocycles. The number of halogens is 2. The summed E-state index contributed by atoms with van der Waals surface area (Å²) in [6, 6.07) is 10.2. The number of urea groups is 1. The van der Waals surface area contributed by atoms with Crippen LogP contribution in [0, 0.1) is 47.3 Å².